The topological polar surface area (TPSA) is 107 Å². The van der Waals surface area contributed by atoms with E-state index in [1.807, 2.05) is 18.2 Å². The molecule has 0 aromatic carbocycles. The van der Waals surface area contributed by atoms with Crippen molar-refractivity contribution in [1.82, 2.24) is 15.0 Å². The molecular weight excluding hydrogens is 340 g/mol. The van der Waals surface area contributed by atoms with Crippen molar-refractivity contribution < 1.29 is 5.11 Å². The summed E-state index contributed by atoms with van der Waals surface area (Å²) < 4.78 is 0. The Morgan fingerprint density at radius 3 is 2.85 bits per heavy atom. The lowest BCUT2D eigenvalue weighted by atomic mass is 9.73. The molecule has 142 valence electrons. The van der Waals surface area contributed by atoms with Crippen LogP contribution in [0.4, 0.5) is 11.8 Å². The van der Waals surface area contributed by atoms with Gasteiger partial charge in [0.05, 0.1) is 12.3 Å². The lowest BCUT2D eigenvalue weighted by molar-refractivity contribution is 0.00926. The molecule has 2 heterocycles. The third-order valence-corrected chi connectivity index (χ3v) is 5.10. The minimum Gasteiger partial charge on any atom is -0.393 e. The number of pyridine rings is 1. The molecular formula is C20H26N6O. The molecule has 2 atom stereocenters. The van der Waals surface area contributed by atoms with Crippen LogP contribution in [0.5, 0.6) is 0 Å². The van der Waals surface area contributed by atoms with Gasteiger partial charge in [0.15, 0.2) is 0 Å². The highest BCUT2D eigenvalue weighted by Crippen LogP contribution is 2.36. The van der Waals surface area contributed by atoms with Crippen molar-refractivity contribution in [3.63, 3.8) is 0 Å². The number of hydrogen-bond acceptors (Lipinski definition) is 7. The van der Waals surface area contributed by atoms with Gasteiger partial charge < -0.3 is 15.7 Å². The van der Waals surface area contributed by atoms with E-state index in [2.05, 4.69) is 45.5 Å². The van der Waals surface area contributed by atoms with Gasteiger partial charge in [-0.1, -0.05) is 19.9 Å². The first-order chi connectivity index (χ1) is 13.0. The Balaban J connectivity index is 1.64. The second-order valence-corrected chi connectivity index (χ2v) is 7.69. The highest BCUT2D eigenvalue weighted by Gasteiger charge is 2.35. The van der Waals surface area contributed by atoms with Crippen LogP contribution in [-0.2, 0) is 6.42 Å². The van der Waals surface area contributed by atoms with Gasteiger partial charge in [-0.15, -0.1) is 0 Å². The number of aliphatic hydroxyl groups is 1. The summed E-state index contributed by atoms with van der Waals surface area (Å²) in [4.78, 5) is 13.0. The van der Waals surface area contributed by atoms with Crippen molar-refractivity contribution >= 4 is 11.8 Å². The molecule has 7 heteroatoms. The van der Waals surface area contributed by atoms with E-state index in [4.69, 9.17) is 0 Å². The Hall–Kier alpha value is -2.72. The molecule has 3 rings (SSSR count). The Labute approximate surface area is 159 Å². The van der Waals surface area contributed by atoms with Crippen molar-refractivity contribution in [3.8, 4) is 6.07 Å². The van der Waals surface area contributed by atoms with Crippen molar-refractivity contribution in [2.24, 2.45) is 5.41 Å². The first-order valence-corrected chi connectivity index (χ1v) is 9.33. The van der Waals surface area contributed by atoms with Gasteiger partial charge in [-0.3, -0.25) is 4.98 Å². The summed E-state index contributed by atoms with van der Waals surface area (Å²) in [6, 6.07) is 8.16. The van der Waals surface area contributed by atoms with E-state index in [1.165, 1.54) is 0 Å². The van der Waals surface area contributed by atoms with Crippen LogP contribution in [0.15, 0.2) is 30.6 Å². The SMILES string of the molecule is CC1(C)C[C@H](Nc2nc(NCCc3ccccn3)ncc2C#N)CC[C@@H]1O. The molecule has 1 fully saturated rings. The van der Waals surface area contributed by atoms with Crippen LogP contribution in [0.1, 0.15) is 44.4 Å². The van der Waals surface area contributed by atoms with Gasteiger partial charge >= 0.3 is 0 Å². The summed E-state index contributed by atoms with van der Waals surface area (Å²) in [6.07, 6.45) is 6.21. The predicted octanol–water partition coefficient (Wildman–Crippen LogP) is 2.75. The average Bonchev–Trinajstić information content (AvgIpc) is 2.66. The smallest absolute Gasteiger partial charge is 0.224 e. The van der Waals surface area contributed by atoms with Gasteiger partial charge in [0.2, 0.25) is 5.95 Å². The summed E-state index contributed by atoms with van der Waals surface area (Å²) in [7, 11) is 0. The summed E-state index contributed by atoms with van der Waals surface area (Å²) in [5.74, 6) is 1.03. The van der Waals surface area contributed by atoms with E-state index in [-0.39, 0.29) is 17.6 Å². The van der Waals surface area contributed by atoms with Crippen LogP contribution < -0.4 is 10.6 Å². The highest BCUT2D eigenvalue weighted by molar-refractivity contribution is 5.54. The van der Waals surface area contributed by atoms with Crippen LogP contribution in [0.25, 0.3) is 0 Å². The molecule has 27 heavy (non-hydrogen) atoms. The normalized spacial score (nSPS) is 21.3. The predicted molar refractivity (Wildman–Crippen MR) is 104 cm³/mol. The summed E-state index contributed by atoms with van der Waals surface area (Å²) in [5.41, 5.74) is 1.27. The highest BCUT2D eigenvalue weighted by atomic mass is 16.3. The summed E-state index contributed by atoms with van der Waals surface area (Å²) >= 11 is 0. The zero-order chi connectivity index (χ0) is 19.3. The maximum Gasteiger partial charge on any atom is 0.224 e. The van der Waals surface area contributed by atoms with E-state index in [0.717, 1.165) is 31.4 Å². The number of hydrogen-bond donors (Lipinski definition) is 3. The van der Waals surface area contributed by atoms with E-state index in [1.54, 1.807) is 12.4 Å². The van der Waals surface area contributed by atoms with Crippen LogP contribution in [0, 0.1) is 16.7 Å². The molecule has 0 aliphatic heterocycles. The minimum absolute atomic E-state index is 0.153. The maximum absolute atomic E-state index is 10.1. The van der Waals surface area contributed by atoms with Crippen molar-refractivity contribution in [3.05, 3.63) is 41.9 Å². The number of nitrogens with one attached hydrogen (secondary N) is 2. The van der Waals surface area contributed by atoms with Gasteiger partial charge in [-0.25, -0.2) is 4.98 Å². The number of anilines is 2. The summed E-state index contributed by atoms with van der Waals surface area (Å²) in [6.45, 7) is 4.80. The number of aliphatic hydroxyl groups excluding tert-OH is 1. The van der Waals surface area contributed by atoms with Crippen molar-refractivity contribution in [1.29, 1.82) is 5.26 Å². The largest absolute Gasteiger partial charge is 0.393 e. The third-order valence-electron chi connectivity index (χ3n) is 5.10. The average molecular weight is 366 g/mol. The second kappa shape index (κ2) is 8.31. The quantitative estimate of drug-likeness (QED) is 0.721. The van der Waals surface area contributed by atoms with E-state index in [9.17, 15) is 10.4 Å². The maximum atomic E-state index is 10.1. The zero-order valence-corrected chi connectivity index (χ0v) is 15.8. The molecule has 0 amide bonds. The molecule has 0 unspecified atom stereocenters. The number of aromatic nitrogens is 3. The molecule has 1 saturated carbocycles. The minimum atomic E-state index is -0.291. The van der Waals surface area contributed by atoms with Crippen molar-refractivity contribution in [2.45, 2.75) is 51.7 Å². The van der Waals surface area contributed by atoms with Crippen LogP contribution >= 0.6 is 0 Å². The van der Waals surface area contributed by atoms with E-state index >= 15 is 0 Å². The fourth-order valence-electron chi connectivity index (χ4n) is 3.45. The Kier molecular flexibility index (Phi) is 5.87. The number of nitrogens with zero attached hydrogens (tertiary/aromatic N) is 4. The molecule has 2 aromatic rings. The Morgan fingerprint density at radius 2 is 2.15 bits per heavy atom. The molecule has 7 nitrogen and oxygen atoms in total. The molecule has 1 aliphatic carbocycles. The van der Waals surface area contributed by atoms with Gasteiger partial charge in [0.1, 0.15) is 17.5 Å². The molecule has 3 N–H and O–H groups in total. The van der Waals surface area contributed by atoms with Gasteiger partial charge in [-0.05, 0) is 36.8 Å². The third kappa shape index (κ3) is 4.92. The Morgan fingerprint density at radius 1 is 1.30 bits per heavy atom. The van der Waals surface area contributed by atoms with Crippen LogP contribution in [0.2, 0.25) is 0 Å². The first-order valence-electron chi connectivity index (χ1n) is 9.33. The van der Waals surface area contributed by atoms with Gasteiger partial charge in [-0.2, -0.15) is 10.2 Å². The van der Waals surface area contributed by atoms with E-state index < -0.39 is 0 Å². The number of rotatable bonds is 6. The second-order valence-electron chi connectivity index (χ2n) is 7.69. The fourth-order valence-corrected chi connectivity index (χ4v) is 3.45. The lowest BCUT2D eigenvalue weighted by Crippen LogP contribution is -2.41. The first kappa shape index (κ1) is 19.1. The number of nitriles is 1. The van der Waals surface area contributed by atoms with Crippen molar-refractivity contribution in [2.75, 3.05) is 17.2 Å². The standard InChI is InChI=1S/C20H26N6O/c1-20(2)11-16(6-7-17(20)27)25-18-14(12-21)13-24-19(26-18)23-10-8-15-5-3-4-9-22-15/h3-5,9,13,16-17,27H,6-8,10-11H2,1-2H3,(H2,23,24,25,26)/t16-,17+/m1/s1. The van der Waals surface area contributed by atoms with Crippen LogP contribution in [0.3, 0.4) is 0 Å². The molecule has 1 aliphatic rings. The zero-order valence-electron chi connectivity index (χ0n) is 15.8. The van der Waals surface area contributed by atoms with Gasteiger partial charge in [0, 0.05) is 30.9 Å². The fraction of sp³-hybridized carbons (Fsp3) is 0.500. The Bertz CT molecular complexity index is 802. The van der Waals surface area contributed by atoms with Crippen LogP contribution in [-0.4, -0.2) is 38.7 Å². The molecule has 0 saturated heterocycles. The molecule has 0 spiro atoms. The van der Waals surface area contributed by atoms with E-state index in [0.29, 0.717) is 23.9 Å². The lowest BCUT2D eigenvalue weighted by Gasteiger charge is -2.40. The molecule has 0 bridgehead atoms. The summed E-state index contributed by atoms with van der Waals surface area (Å²) in [5, 5.41) is 26.1. The molecule has 2 aromatic heterocycles. The molecule has 0 radical (unpaired) electrons. The monoisotopic (exact) mass is 366 g/mol. The van der Waals surface area contributed by atoms with Gasteiger partial charge in [0.25, 0.3) is 0 Å².